The first-order valence-corrected chi connectivity index (χ1v) is 7.58. The maximum Gasteiger partial charge on any atom is 0.288 e. The topological polar surface area (TPSA) is 113 Å². The Morgan fingerprint density at radius 1 is 1.00 bits per heavy atom. The summed E-state index contributed by atoms with van der Waals surface area (Å²) in [5.74, 6) is -1.13. The van der Waals surface area contributed by atoms with Gasteiger partial charge in [0, 0.05) is 17.2 Å². The number of nitrogens with zero attached hydrogens (tertiary/aromatic N) is 1. The molecule has 2 rings (SSSR count). The summed E-state index contributed by atoms with van der Waals surface area (Å²) in [5.41, 5.74) is 4.57. The van der Waals surface area contributed by atoms with Gasteiger partial charge >= 0.3 is 0 Å². The van der Waals surface area contributed by atoms with E-state index in [1.807, 2.05) is 0 Å². The van der Waals surface area contributed by atoms with Crippen molar-refractivity contribution in [1.82, 2.24) is 16.2 Å². The zero-order chi connectivity index (χ0) is 18.4. The number of carbonyl (C=O) groups excluding carboxylic acids is 2. The molecule has 128 valence electrons. The molecule has 0 saturated carbocycles. The third-order valence-corrected chi connectivity index (χ3v) is 3.48. The molecule has 8 nitrogen and oxygen atoms in total. The molecule has 0 aliphatic heterocycles. The molecule has 25 heavy (non-hydrogen) atoms. The van der Waals surface area contributed by atoms with Crippen LogP contribution in [-0.4, -0.2) is 21.9 Å². The Bertz CT molecular complexity index is 845. The van der Waals surface area contributed by atoms with E-state index in [4.69, 9.17) is 23.8 Å². The Morgan fingerprint density at radius 3 is 2.32 bits per heavy atom. The van der Waals surface area contributed by atoms with Crippen LogP contribution in [0.1, 0.15) is 20.7 Å². The van der Waals surface area contributed by atoms with Crippen LogP contribution in [0.3, 0.4) is 0 Å². The van der Waals surface area contributed by atoms with Crippen LogP contribution in [0.15, 0.2) is 48.5 Å². The van der Waals surface area contributed by atoms with E-state index in [9.17, 15) is 19.7 Å². The quantitative estimate of drug-likeness (QED) is 0.428. The Kier molecular flexibility index (Phi) is 5.98. The van der Waals surface area contributed by atoms with Gasteiger partial charge in [0.2, 0.25) is 0 Å². The van der Waals surface area contributed by atoms with E-state index < -0.39 is 22.4 Å². The van der Waals surface area contributed by atoms with Crippen LogP contribution in [0.4, 0.5) is 5.69 Å². The minimum Gasteiger partial charge on any atom is -0.298 e. The normalized spacial score (nSPS) is 9.80. The van der Waals surface area contributed by atoms with E-state index in [2.05, 4.69) is 16.2 Å². The molecule has 2 aromatic rings. The predicted molar refractivity (Wildman–Crippen MR) is 95.2 cm³/mol. The van der Waals surface area contributed by atoms with Crippen LogP contribution < -0.4 is 16.2 Å². The highest BCUT2D eigenvalue weighted by atomic mass is 35.5. The Morgan fingerprint density at radius 2 is 1.68 bits per heavy atom. The van der Waals surface area contributed by atoms with Crippen molar-refractivity contribution in [2.75, 3.05) is 0 Å². The minimum atomic E-state index is -0.697. The zero-order valence-corrected chi connectivity index (χ0v) is 14.1. The smallest absolute Gasteiger partial charge is 0.288 e. The lowest BCUT2D eigenvalue weighted by Crippen LogP contribution is -2.48. The number of hydrogen-bond acceptors (Lipinski definition) is 5. The van der Waals surface area contributed by atoms with Crippen molar-refractivity contribution in [3.05, 3.63) is 74.8 Å². The van der Waals surface area contributed by atoms with Crippen LogP contribution in [0.5, 0.6) is 0 Å². The van der Waals surface area contributed by atoms with Gasteiger partial charge in [-0.05, 0) is 36.5 Å². The van der Waals surface area contributed by atoms with Crippen molar-refractivity contribution in [3.63, 3.8) is 0 Å². The minimum absolute atomic E-state index is 0.000728. The Hall–Kier alpha value is -3.04. The largest absolute Gasteiger partial charge is 0.298 e. The molecule has 2 aromatic carbocycles. The fourth-order valence-electron chi connectivity index (χ4n) is 1.78. The maximum absolute atomic E-state index is 12.0. The molecule has 0 aliphatic carbocycles. The van der Waals surface area contributed by atoms with Crippen molar-refractivity contribution in [1.29, 1.82) is 0 Å². The number of hydrogen-bond donors (Lipinski definition) is 3. The second-order valence-electron chi connectivity index (χ2n) is 4.65. The van der Waals surface area contributed by atoms with E-state index >= 15 is 0 Å². The number of nitrogens with one attached hydrogen (secondary N) is 3. The van der Waals surface area contributed by atoms with Crippen molar-refractivity contribution in [2.45, 2.75) is 0 Å². The zero-order valence-electron chi connectivity index (χ0n) is 12.5. The summed E-state index contributed by atoms with van der Waals surface area (Å²) in [5, 5.41) is 13.0. The van der Waals surface area contributed by atoms with E-state index in [0.717, 1.165) is 6.07 Å². The molecule has 2 amide bonds. The summed E-state index contributed by atoms with van der Waals surface area (Å²) in [4.78, 5) is 34.0. The fraction of sp³-hybridized carbons (Fsp3) is 0. The average Bonchev–Trinajstić information content (AvgIpc) is 2.60. The summed E-state index contributed by atoms with van der Waals surface area (Å²) in [6, 6.07) is 11.9. The highest BCUT2D eigenvalue weighted by Gasteiger charge is 2.16. The van der Waals surface area contributed by atoms with Crippen LogP contribution in [0, 0.1) is 10.1 Å². The lowest BCUT2D eigenvalue weighted by atomic mass is 10.2. The predicted octanol–water partition coefficient (Wildman–Crippen LogP) is 2.20. The molecule has 0 aliphatic rings. The molecule has 0 heterocycles. The van der Waals surface area contributed by atoms with Gasteiger partial charge in [-0.2, -0.15) is 0 Å². The first-order valence-electron chi connectivity index (χ1n) is 6.79. The monoisotopic (exact) mass is 378 g/mol. The number of halogens is 1. The molecule has 0 atom stereocenters. The average molecular weight is 379 g/mol. The van der Waals surface area contributed by atoms with E-state index in [-0.39, 0.29) is 15.7 Å². The summed E-state index contributed by atoms with van der Waals surface area (Å²) in [6.45, 7) is 0. The van der Waals surface area contributed by atoms with Gasteiger partial charge in [-0.15, -0.1) is 0 Å². The number of carbonyl (C=O) groups is 2. The van der Waals surface area contributed by atoms with Crippen molar-refractivity contribution in [3.8, 4) is 0 Å². The van der Waals surface area contributed by atoms with Gasteiger partial charge in [-0.1, -0.05) is 29.8 Å². The van der Waals surface area contributed by atoms with Crippen molar-refractivity contribution < 1.29 is 14.5 Å². The van der Waals surface area contributed by atoms with Crippen molar-refractivity contribution in [2.24, 2.45) is 0 Å². The molecule has 10 heteroatoms. The molecule has 0 aromatic heterocycles. The molecule has 0 unspecified atom stereocenters. The van der Waals surface area contributed by atoms with Gasteiger partial charge in [-0.3, -0.25) is 35.9 Å². The summed E-state index contributed by atoms with van der Waals surface area (Å²) < 4.78 is 0. The van der Waals surface area contributed by atoms with Crippen LogP contribution in [0.2, 0.25) is 5.02 Å². The third-order valence-electron chi connectivity index (χ3n) is 2.96. The summed E-state index contributed by atoms with van der Waals surface area (Å²) in [7, 11) is 0. The fourth-order valence-corrected chi connectivity index (χ4v) is 2.11. The van der Waals surface area contributed by atoms with Crippen LogP contribution in [-0.2, 0) is 0 Å². The van der Waals surface area contributed by atoms with Crippen LogP contribution >= 0.6 is 23.8 Å². The number of benzene rings is 2. The van der Waals surface area contributed by atoms with Gasteiger partial charge in [-0.25, -0.2) is 0 Å². The van der Waals surface area contributed by atoms with Gasteiger partial charge < -0.3 is 0 Å². The van der Waals surface area contributed by atoms with E-state index in [1.54, 1.807) is 30.3 Å². The number of hydrazine groups is 1. The highest BCUT2D eigenvalue weighted by molar-refractivity contribution is 7.80. The second-order valence-corrected chi connectivity index (χ2v) is 5.47. The molecular formula is C15H11ClN4O4S. The van der Waals surface area contributed by atoms with Crippen molar-refractivity contribution >= 4 is 46.4 Å². The number of nitro groups is 1. The highest BCUT2D eigenvalue weighted by Crippen LogP contribution is 2.24. The maximum atomic E-state index is 12.0. The third kappa shape index (κ3) is 4.96. The molecule has 0 fully saturated rings. The van der Waals surface area contributed by atoms with Gasteiger partial charge in [0.15, 0.2) is 5.11 Å². The molecule has 0 saturated heterocycles. The number of nitro benzene ring substituents is 1. The van der Waals surface area contributed by atoms with Gasteiger partial charge in [0.1, 0.15) is 5.02 Å². The molecule has 3 N–H and O–H groups in total. The SMILES string of the molecule is O=C(NNC(=S)NC(=O)c1ccccc1)c1ccc(Cl)c([N+](=O)[O-])c1. The standard InChI is InChI=1S/C15H11ClN4O4S/c16-11-7-6-10(8-12(11)20(23)24)14(22)18-19-15(25)17-13(21)9-4-2-1-3-5-9/h1-8H,(H,18,22)(H2,17,19,21,25). The van der Waals surface area contributed by atoms with E-state index in [0.29, 0.717) is 5.56 Å². The second kappa shape index (κ2) is 8.18. The number of amides is 2. The first kappa shape index (κ1) is 18.3. The summed E-state index contributed by atoms with van der Waals surface area (Å²) >= 11 is 10.6. The molecule has 0 spiro atoms. The molecular weight excluding hydrogens is 368 g/mol. The molecule has 0 bridgehead atoms. The Labute approximate surface area is 152 Å². The van der Waals surface area contributed by atoms with Crippen LogP contribution in [0.25, 0.3) is 0 Å². The lowest BCUT2D eigenvalue weighted by molar-refractivity contribution is -0.384. The van der Waals surface area contributed by atoms with E-state index in [1.165, 1.54) is 12.1 Å². The first-order chi connectivity index (χ1) is 11.9. The number of rotatable bonds is 3. The van der Waals surface area contributed by atoms with Gasteiger partial charge in [0.25, 0.3) is 17.5 Å². The Balaban J connectivity index is 1.93. The number of thiocarbonyl (C=S) groups is 1. The molecule has 0 radical (unpaired) electrons. The van der Waals surface area contributed by atoms with Gasteiger partial charge in [0.05, 0.1) is 4.92 Å². The lowest BCUT2D eigenvalue weighted by Gasteiger charge is -2.11. The summed E-state index contributed by atoms with van der Waals surface area (Å²) in [6.07, 6.45) is 0.